The summed E-state index contributed by atoms with van der Waals surface area (Å²) in [5.41, 5.74) is 7.67. The van der Waals surface area contributed by atoms with Crippen molar-refractivity contribution in [1.29, 1.82) is 0 Å². The van der Waals surface area contributed by atoms with Crippen molar-refractivity contribution in [3.63, 3.8) is 0 Å². The number of rotatable bonds is 8. The second kappa shape index (κ2) is 8.46. The number of carbonyl (C=O) groups excluding carboxylic acids is 1. The lowest BCUT2D eigenvalue weighted by atomic mass is 10.1. The molecule has 4 heteroatoms. The van der Waals surface area contributed by atoms with Crippen LogP contribution in [0.5, 0.6) is 5.75 Å². The Labute approximate surface area is 121 Å². The molecule has 4 nitrogen and oxygen atoms in total. The highest BCUT2D eigenvalue weighted by molar-refractivity contribution is 5.76. The lowest BCUT2D eigenvalue weighted by Crippen LogP contribution is -2.24. The van der Waals surface area contributed by atoms with Gasteiger partial charge >= 0.3 is 0 Å². The van der Waals surface area contributed by atoms with Crippen LogP contribution in [0.3, 0.4) is 0 Å². The van der Waals surface area contributed by atoms with Crippen LogP contribution in [0.2, 0.25) is 0 Å². The molecule has 1 amide bonds. The van der Waals surface area contributed by atoms with E-state index in [1.165, 1.54) is 0 Å². The van der Waals surface area contributed by atoms with Crippen LogP contribution in [0.15, 0.2) is 18.2 Å². The summed E-state index contributed by atoms with van der Waals surface area (Å²) < 4.78 is 5.63. The molecule has 20 heavy (non-hydrogen) atoms. The maximum absolute atomic E-state index is 11.5. The van der Waals surface area contributed by atoms with Gasteiger partial charge in [0.15, 0.2) is 0 Å². The second-order valence-corrected chi connectivity index (χ2v) is 5.43. The van der Waals surface area contributed by atoms with E-state index in [9.17, 15) is 4.79 Å². The zero-order valence-corrected chi connectivity index (χ0v) is 12.7. The number of aryl methyl sites for hydroxylation is 1. The molecule has 0 atom stereocenters. The highest BCUT2D eigenvalue weighted by Crippen LogP contribution is 2.23. The van der Waals surface area contributed by atoms with Gasteiger partial charge in [0, 0.05) is 13.0 Å². The quantitative estimate of drug-likeness (QED) is 0.719. The lowest BCUT2D eigenvalue weighted by molar-refractivity contribution is -0.121. The van der Waals surface area contributed by atoms with Crippen LogP contribution >= 0.6 is 0 Å². The van der Waals surface area contributed by atoms with Gasteiger partial charge in [0.05, 0.1) is 12.3 Å². The molecule has 0 aromatic heterocycles. The average molecular weight is 278 g/mol. The summed E-state index contributed by atoms with van der Waals surface area (Å²) in [5, 5.41) is 2.87. The predicted octanol–water partition coefficient (Wildman–Crippen LogP) is 2.76. The molecule has 112 valence electrons. The van der Waals surface area contributed by atoms with E-state index in [2.05, 4.69) is 19.2 Å². The van der Waals surface area contributed by atoms with E-state index >= 15 is 0 Å². The van der Waals surface area contributed by atoms with Crippen molar-refractivity contribution in [2.75, 3.05) is 18.9 Å². The molecule has 0 fully saturated rings. The van der Waals surface area contributed by atoms with Crippen LogP contribution in [0.1, 0.15) is 39.2 Å². The summed E-state index contributed by atoms with van der Waals surface area (Å²) >= 11 is 0. The standard InChI is InChI=1S/C16H26N2O2/c1-4-9-18-16(19)8-6-13-5-7-15(14(17)10-13)20-11-12(2)3/h5,7,10,12H,4,6,8-9,11,17H2,1-3H3,(H,18,19). The molecule has 1 rings (SSSR count). The molecule has 0 aliphatic carbocycles. The van der Waals surface area contributed by atoms with Crippen molar-refractivity contribution < 1.29 is 9.53 Å². The Balaban J connectivity index is 2.48. The number of amides is 1. The fraction of sp³-hybridized carbons (Fsp3) is 0.562. The van der Waals surface area contributed by atoms with E-state index in [0.29, 0.717) is 31.1 Å². The number of hydrogen-bond acceptors (Lipinski definition) is 3. The smallest absolute Gasteiger partial charge is 0.220 e. The van der Waals surface area contributed by atoms with E-state index in [1.807, 2.05) is 25.1 Å². The molecular weight excluding hydrogens is 252 g/mol. The largest absolute Gasteiger partial charge is 0.491 e. The van der Waals surface area contributed by atoms with E-state index in [4.69, 9.17) is 10.5 Å². The van der Waals surface area contributed by atoms with Gasteiger partial charge in [0.2, 0.25) is 5.91 Å². The molecule has 0 saturated heterocycles. The Morgan fingerprint density at radius 1 is 1.40 bits per heavy atom. The minimum atomic E-state index is 0.0885. The lowest BCUT2D eigenvalue weighted by Gasteiger charge is -2.12. The first kappa shape index (κ1) is 16.3. The van der Waals surface area contributed by atoms with Crippen LogP contribution in [-0.4, -0.2) is 19.1 Å². The number of ether oxygens (including phenoxy) is 1. The topological polar surface area (TPSA) is 64.3 Å². The van der Waals surface area contributed by atoms with E-state index in [-0.39, 0.29) is 5.91 Å². The molecule has 1 aromatic rings. The molecule has 0 bridgehead atoms. The second-order valence-electron chi connectivity index (χ2n) is 5.43. The molecule has 0 radical (unpaired) electrons. The Hall–Kier alpha value is -1.71. The summed E-state index contributed by atoms with van der Waals surface area (Å²) in [6.45, 7) is 7.63. The zero-order valence-electron chi connectivity index (χ0n) is 12.7. The molecule has 0 heterocycles. The van der Waals surface area contributed by atoms with Crippen molar-refractivity contribution >= 4 is 11.6 Å². The van der Waals surface area contributed by atoms with Gasteiger partial charge in [-0.3, -0.25) is 4.79 Å². The number of anilines is 1. The van der Waals surface area contributed by atoms with Crippen LogP contribution in [-0.2, 0) is 11.2 Å². The Morgan fingerprint density at radius 3 is 2.75 bits per heavy atom. The zero-order chi connectivity index (χ0) is 15.0. The Morgan fingerprint density at radius 2 is 2.15 bits per heavy atom. The molecule has 1 aromatic carbocycles. The van der Waals surface area contributed by atoms with E-state index < -0.39 is 0 Å². The number of carbonyl (C=O) groups is 1. The summed E-state index contributed by atoms with van der Waals surface area (Å²) in [6, 6.07) is 5.75. The summed E-state index contributed by atoms with van der Waals surface area (Å²) in [4.78, 5) is 11.5. The fourth-order valence-corrected chi connectivity index (χ4v) is 1.75. The van der Waals surface area contributed by atoms with Crippen LogP contribution in [0.4, 0.5) is 5.69 Å². The number of hydrogen-bond donors (Lipinski definition) is 2. The summed E-state index contributed by atoms with van der Waals surface area (Å²) in [5.74, 6) is 1.28. The average Bonchev–Trinajstić information content (AvgIpc) is 2.41. The number of nitrogens with two attached hydrogens (primary N) is 1. The minimum absolute atomic E-state index is 0.0885. The maximum atomic E-state index is 11.5. The number of nitrogen functional groups attached to an aromatic ring is 1. The van der Waals surface area contributed by atoms with Crippen molar-refractivity contribution in [3.8, 4) is 5.75 Å². The van der Waals surface area contributed by atoms with Crippen LogP contribution in [0, 0.1) is 5.92 Å². The third-order valence-corrected chi connectivity index (χ3v) is 2.86. The van der Waals surface area contributed by atoms with Crippen molar-refractivity contribution in [3.05, 3.63) is 23.8 Å². The molecule has 0 unspecified atom stereocenters. The van der Waals surface area contributed by atoms with Gasteiger partial charge in [-0.2, -0.15) is 0 Å². The van der Waals surface area contributed by atoms with Gasteiger partial charge < -0.3 is 15.8 Å². The van der Waals surface area contributed by atoms with Gasteiger partial charge in [-0.25, -0.2) is 0 Å². The molecule has 0 spiro atoms. The Kier molecular flexibility index (Phi) is 6.91. The minimum Gasteiger partial charge on any atom is -0.491 e. The maximum Gasteiger partial charge on any atom is 0.220 e. The van der Waals surface area contributed by atoms with Crippen LogP contribution < -0.4 is 15.8 Å². The molecule has 0 saturated carbocycles. The van der Waals surface area contributed by atoms with Gasteiger partial charge in [0.25, 0.3) is 0 Å². The van der Waals surface area contributed by atoms with Crippen LogP contribution in [0.25, 0.3) is 0 Å². The third kappa shape index (κ3) is 5.95. The van der Waals surface area contributed by atoms with Crippen molar-refractivity contribution in [2.24, 2.45) is 5.92 Å². The number of benzene rings is 1. The molecule has 0 aliphatic heterocycles. The first-order chi connectivity index (χ1) is 9.52. The van der Waals surface area contributed by atoms with E-state index in [0.717, 1.165) is 24.3 Å². The van der Waals surface area contributed by atoms with Gasteiger partial charge in [-0.1, -0.05) is 26.8 Å². The number of nitrogens with one attached hydrogen (secondary N) is 1. The third-order valence-electron chi connectivity index (χ3n) is 2.86. The highest BCUT2D eigenvalue weighted by Gasteiger charge is 2.05. The first-order valence-electron chi connectivity index (χ1n) is 7.30. The van der Waals surface area contributed by atoms with Gasteiger partial charge in [0.1, 0.15) is 5.75 Å². The molecule has 0 aliphatic rings. The van der Waals surface area contributed by atoms with Gasteiger partial charge in [-0.05, 0) is 36.5 Å². The summed E-state index contributed by atoms with van der Waals surface area (Å²) in [6.07, 6.45) is 2.15. The highest BCUT2D eigenvalue weighted by atomic mass is 16.5. The van der Waals surface area contributed by atoms with Gasteiger partial charge in [-0.15, -0.1) is 0 Å². The predicted molar refractivity (Wildman–Crippen MR) is 82.8 cm³/mol. The molecule has 3 N–H and O–H groups in total. The van der Waals surface area contributed by atoms with Crippen molar-refractivity contribution in [1.82, 2.24) is 5.32 Å². The normalized spacial score (nSPS) is 10.6. The van der Waals surface area contributed by atoms with E-state index in [1.54, 1.807) is 0 Å². The van der Waals surface area contributed by atoms with Crippen molar-refractivity contribution in [2.45, 2.75) is 40.0 Å². The monoisotopic (exact) mass is 278 g/mol. The first-order valence-corrected chi connectivity index (χ1v) is 7.30. The SMILES string of the molecule is CCCNC(=O)CCc1ccc(OCC(C)C)c(N)c1. The fourth-order valence-electron chi connectivity index (χ4n) is 1.75. The molecular formula is C16H26N2O2. The summed E-state index contributed by atoms with van der Waals surface area (Å²) in [7, 11) is 0. The Bertz CT molecular complexity index is 430.